The van der Waals surface area contributed by atoms with Gasteiger partial charge in [0.15, 0.2) is 0 Å². The molecule has 0 bridgehead atoms. The Morgan fingerprint density at radius 3 is 2.12 bits per heavy atom. The van der Waals surface area contributed by atoms with Gasteiger partial charge in [0.1, 0.15) is 5.82 Å². The molecule has 136 valence electrons. The van der Waals surface area contributed by atoms with E-state index in [0.29, 0.717) is 0 Å². The highest BCUT2D eigenvalue weighted by Crippen LogP contribution is 2.28. The van der Waals surface area contributed by atoms with Crippen LogP contribution in [0, 0.1) is 23.6 Å². The molecule has 1 fully saturated rings. The summed E-state index contributed by atoms with van der Waals surface area (Å²) in [6.07, 6.45) is 5.32. The highest BCUT2D eigenvalue weighted by atomic mass is 28.3. The number of hydrogen-bond donors (Lipinski definition) is 0. The molecule has 0 atom stereocenters. The molecule has 0 aromatic heterocycles. The van der Waals surface area contributed by atoms with Crippen molar-refractivity contribution in [1.29, 1.82) is 0 Å². The third-order valence-electron chi connectivity index (χ3n) is 5.39. The molecule has 0 spiro atoms. The van der Waals surface area contributed by atoms with Gasteiger partial charge in [-0.3, -0.25) is 0 Å². The first-order valence-corrected chi connectivity index (χ1v) is 11.8. The van der Waals surface area contributed by atoms with Crippen molar-refractivity contribution in [1.82, 2.24) is 0 Å². The van der Waals surface area contributed by atoms with Gasteiger partial charge in [0.25, 0.3) is 0 Å². The van der Waals surface area contributed by atoms with Crippen LogP contribution in [0.25, 0.3) is 0 Å². The molecule has 1 saturated heterocycles. The molecule has 0 radical (unpaired) electrons. The topological polar surface area (TPSA) is 9.23 Å². The van der Waals surface area contributed by atoms with Crippen LogP contribution >= 0.6 is 0 Å². The highest BCUT2D eigenvalue weighted by Gasteiger charge is 2.23. The number of benzene rings is 2. The molecular formula is C23H27FOSi. The summed E-state index contributed by atoms with van der Waals surface area (Å²) in [5, 5.41) is 1.58. The normalized spacial score (nSPS) is 19.6. The molecule has 2 aromatic rings. The summed E-state index contributed by atoms with van der Waals surface area (Å²) in [6.45, 7) is 0.901. The summed E-state index contributed by atoms with van der Waals surface area (Å²) < 4.78 is 18.1. The predicted octanol–water partition coefficient (Wildman–Crippen LogP) is 4.50. The molecular weight excluding hydrogens is 339 g/mol. The predicted molar refractivity (Wildman–Crippen MR) is 109 cm³/mol. The van der Waals surface area contributed by atoms with Crippen LogP contribution in [0.5, 0.6) is 0 Å². The second-order valence-corrected chi connectivity index (χ2v) is 10.4. The van der Waals surface area contributed by atoms with Gasteiger partial charge in [-0.15, -0.1) is 0 Å². The van der Waals surface area contributed by atoms with Gasteiger partial charge in [-0.05, 0) is 55.2 Å². The maximum absolute atomic E-state index is 12.9. The lowest BCUT2D eigenvalue weighted by atomic mass is 9.97. The fourth-order valence-corrected chi connectivity index (χ4v) is 7.26. The molecule has 1 aliphatic rings. The second kappa shape index (κ2) is 9.71. The summed E-state index contributed by atoms with van der Waals surface area (Å²) in [5.74, 6) is 6.97. The van der Waals surface area contributed by atoms with E-state index in [1.54, 1.807) is 24.4 Å². The zero-order chi connectivity index (χ0) is 18.2. The smallest absolute Gasteiger partial charge is 0.123 e. The lowest BCUT2D eigenvalue weighted by Crippen LogP contribution is -2.33. The fraction of sp³-hybridized carbons (Fsp3) is 0.391. The van der Waals surface area contributed by atoms with Crippen LogP contribution in [0.3, 0.4) is 0 Å². The third kappa shape index (κ3) is 5.55. The number of halogens is 1. The summed E-state index contributed by atoms with van der Waals surface area (Å²) in [6, 6.07) is 18.1. The molecule has 3 rings (SSSR count). The van der Waals surface area contributed by atoms with Crippen LogP contribution in [-0.2, 0) is 4.74 Å². The van der Waals surface area contributed by atoms with Gasteiger partial charge < -0.3 is 4.74 Å². The Hall–Kier alpha value is -1.89. The average Bonchev–Trinajstić information content (AvgIpc) is 2.69. The van der Waals surface area contributed by atoms with Gasteiger partial charge in [0, 0.05) is 24.8 Å². The van der Waals surface area contributed by atoms with Crippen LogP contribution in [0.15, 0.2) is 48.5 Å². The van der Waals surface area contributed by atoms with E-state index in [9.17, 15) is 4.39 Å². The second-order valence-electron chi connectivity index (χ2n) is 7.23. The molecule has 0 aliphatic carbocycles. The largest absolute Gasteiger partial charge is 0.385 e. The summed E-state index contributed by atoms with van der Waals surface area (Å²) in [7, 11) is 0.998. The van der Waals surface area contributed by atoms with Gasteiger partial charge in [-0.1, -0.05) is 54.1 Å². The molecule has 1 heterocycles. The monoisotopic (exact) mass is 366 g/mol. The van der Waals surface area contributed by atoms with Crippen molar-refractivity contribution in [2.24, 2.45) is 5.92 Å². The van der Waals surface area contributed by atoms with Crippen LogP contribution in [0.2, 0.25) is 12.1 Å². The van der Waals surface area contributed by atoms with E-state index in [-0.39, 0.29) is 5.82 Å². The van der Waals surface area contributed by atoms with Gasteiger partial charge in [0.2, 0.25) is 0 Å². The molecule has 0 N–H and O–H groups in total. The first-order valence-electron chi connectivity index (χ1n) is 9.61. The van der Waals surface area contributed by atoms with E-state index < -0.39 is 8.80 Å². The van der Waals surface area contributed by atoms with Gasteiger partial charge in [0.05, 0.1) is 8.80 Å². The molecule has 0 saturated carbocycles. The molecule has 1 aliphatic heterocycles. The molecule has 0 unspecified atom stereocenters. The first kappa shape index (κ1) is 18.9. The molecule has 26 heavy (non-hydrogen) atoms. The Balaban J connectivity index is 1.53. The standard InChI is InChI=1S/C23H27FOSi/c1-25-16-2-3-19-14-17-26(18-15-19)23-12-8-21(9-13-23)5-4-20-6-10-22(24)11-7-20/h6-13,19,26H,2-3,14-18H2,1H3. The Labute approximate surface area is 158 Å². The van der Waals surface area contributed by atoms with Crippen molar-refractivity contribution < 1.29 is 9.13 Å². The van der Waals surface area contributed by atoms with Gasteiger partial charge >= 0.3 is 0 Å². The molecule has 0 amide bonds. The highest BCUT2D eigenvalue weighted by molar-refractivity contribution is 6.73. The quantitative estimate of drug-likeness (QED) is 0.430. The maximum atomic E-state index is 12.9. The van der Waals surface area contributed by atoms with E-state index in [1.165, 1.54) is 49.9 Å². The zero-order valence-electron chi connectivity index (χ0n) is 15.5. The molecule has 1 nitrogen and oxygen atoms in total. The van der Waals surface area contributed by atoms with Crippen molar-refractivity contribution in [3.05, 3.63) is 65.5 Å². The van der Waals surface area contributed by atoms with Crippen LogP contribution in [0.1, 0.15) is 36.8 Å². The Kier molecular flexibility index (Phi) is 7.05. The van der Waals surface area contributed by atoms with E-state index in [0.717, 1.165) is 23.7 Å². The van der Waals surface area contributed by atoms with Gasteiger partial charge in [-0.25, -0.2) is 4.39 Å². The van der Waals surface area contributed by atoms with E-state index in [2.05, 4.69) is 36.1 Å². The first-order chi connectivity index (χ1) is 12.7. The summed E-state index contributed by atoms with van der Waals surface area (Å²) in [5.41, 5.74) is 1.87. The van der Waals surface area contributed by atoms with Gasteiger partial charge in [-0.2, -0.15) is 0 Å². The maximum Gasteiger partial charge on any atom is 0.123 e. The minimum absolute atomic E-state index is 0.224. The van der Waals surface area contributed by atoms with Crippen LogP contribution in [-0.4, -0.2) is 22.5 Å². The lowest BCUT2D eigenvalue weighted by molar-refractivity contribution is 0.185. The van der Waals surface area contributed by atoms with Crippen LogP contribution < -0.4 is 5.19 Å². The zero-order valence-corrected chi connectivity index (χ0v) is 16.7. The van der Waals surface area contributed by atoms with Crippen molar-refractivity contribution in [3.63, 3.8) is 0 Å². The Bertz CT molecular complexity index is 735. The summed E-state index contributed by atoms with van der Waals surface area (Å²) >= 11 is 0. The lowest BCUT2D eigenvalue weighted by Gasteiger charge is -2.27. The number of hydrogen-bond acceptors (Lipinski definition) is 1. The molecule has 2 aromatic carbocycles. The average molecular weight is 367 g/mol. The van der Waals surface area contributed by atoms with Crippen molar-refractivity contribution in [2.75, 3.05) is 13.7 Å². The number of ether oxygens (including phenoxy) is 1. The van der Waals surface area contributed by atoms with E-state index >= 15 is 0 Å². The number of methoxy groups -OCH3 is 1. The van der Waals surface area contributed by atoms with E-state index in [4.69, 9.17) is 4.74 Å². The van der Waals surface area contributed by atoms with Crippen LogP contribution in [0.4, 0.5) is 4.39 Å². The van der Waals surface area contributed by atoms with Crippen molar-refractivity contribution >= 4 is 14.0 Å². The Morgan fingerprint density at radius 2 is 1.54 bits per heavy atom. The van der Waals surface area contributed by atoms with E-state index in [1.807, 2.05) is 0 Å². The minimum Gasteiger partial charge on any atom is -0.385 e. The Morgan fingerprint density at radius 1 is 0.962 bits per heavy atom. The fourth-order valence-electron chi connectivity index (χ4n) is 3.82. The third-order valence-corrected chi connectivity index (χ3v) is 8.77. The molecule has 3 heteroatoms. The SMILES string of the molecule is COCCCC1CC[SiH](c2ccc(C#Cc3ccc(F)cc3)cc2)CC1. The minimum atomic E-state index is -0.791. The summed E-state index contributed by atoms with van der Waals surface area (Å²) in [4.78, 5) is 0. The number of rotatable bonds is 5. The van der Waals surface area contributed by atoms with Crippen molar-refractivity contribution in [3.8, 4) is 11.8 Å². The van der Waals surface area contributed by atoms with Crippen molar-refractivity contribution in [2.45, 2.75) is 37.8 Å².